The van der Waals surface area contributed by atoms with Gasteiger partial charge in [-0.1, -0.05) is 12.1 Å². The fourth-order valence-corrected chi connectivity index (χ4v) is 10.9. The molecule has 4 aliphatic carbocycles. The van der Waals surface area contributed by atoms with E-state index in [1.807, 2.05) is 34.0 Å². The third kappa shape index (κ3) is 8.78. The van der Waals surface area contributed by atoms with E-state index in [4.69, 9.17) is 24.6 Å². The van der Waals surface area contributed by atoms with Gasteiger partial charge in [-0.05, 0) is 149 Å². The van der Waals surface area contributed by atoms with Gasteiger partial charge in [0.15, 0.2) is 21.3 Å². The highest BCUT2D eigenvalue weighted by atomic mass is 32.2. The second kappa shape index (κ2) is 17.5. The Morgan fingerprint density at radius 1 is 0.719 bits per heavy atom. The van der Waals surface area contributed by atoms with E-state index < -0.39 is 37.3 Å². The zero-order valence-electron chi connectivity index (χ0n) is 36.6. The van der Waals surface area contributed by atoms with Gasteiger partial charge in [0, 0.05) is 29.9 Å². The standard InChI is InChI=1S/C22H28N4O5S.C13H13NO.C9H15N3O4S/c1-13(2)26-18(22(28)11-31-12-22)10-19(24-26)32(29,30)25-21(27)23-20-16-7-3-5-14(16)9-15-6-4-8-17(15)20;14-8-15-13-11-5-1-3-9(11)7-10-4-2-6-12(10)13;1-6(2)12-7(9(13)4-16-5-9)3-8(11-12)17(10,14)15/h9-10,13,28H,3-8,11-12H2,1-2H3,(H2,23,25,27);7H,1-6H2;3,6,13H,4-5H2,1-2H3,(H2,10,14,15). The summed E-state index contributed by atoms with van der Waals surface area (Å²) in [5, 5.41) is 45.0. The minimum atomic E-state index is -4.23. The molecule has 4 aromatic rings. The fraction of sp³-hybridized carbons (Fsp3) is 0.545. The zero-order valence-corrected chi connectivity index (χ0v) is 38.2. The van der Waals surface area contributed by atoms with Crippen LogP contribution in [0.15, 0.2) is 34.3 Å². The van der Waals surface area contributed by atoms with E-state index in [0.29, 0.717) is 11.4 Å². The van der Waals surface area contributed by atoms with Gasteiger partial charge in [0.2, 0.25) is 0 Å². The molecular formula is C44H56N8O10S2. The molecule has 6 aliphatic rings. The number of carbonyl (C=O) groups excluding carboxylic acids is 1. The number of urea groups is 1. The minimum Gasteiger partial charge on any atom is -0.387 e. The molecule has 0 saturated carbocycles. The maximum Gasteiger partial charge on any atom is 0.333 e. The van der Waals surface area contributed by atoms with E-state index in [0.717, 1.165) is 86.8 Å². The van der Waals surface area contributed by atoms with Crippen LogP contribution in [0.5, 0.6) is 5.75 Å². The van der Waals surface area contributed by atoms with Gasteiger partial charge < -0.3 is 29.7 Å². The van der Waals surface area contributed by atoms with Crippen LogP contribution in [0.25, 0.3) is 0 Å². The molecule has 18 nitrogen and oxygen atoms in total. The van der Waals surface area contributed by atoms with E-state index in [1.54, 1.807) is 0 Å². The molecule has 2 fully saturated rings. The number of sulfonamides is 2. The number of hydrogen-bond donors (Lipinski definition) is 5. The first-order valence-electron chi connectivity index (χ1n) is 21.9. The summed E-state index contributed by atoms with van der Waals surface area (Å²) in [6.45, 7) is 7.77. The third-order valence-electron chi connectivity index (χ3n) is 12.8. The molecule has 10 rings (SSSR count). The smallest absolute Gasteiger partial charge is 0.333 e. The molecule has 2 aromatic carbocycles. The molecule has 2 saturated heterocycles. The minimum absolute atomic E-state index is 0.0725. The molecule has 0 spiro atoms. The van der Waals surface area contributed by atoms with Crippen LogP contribution in [0.2, 0.25) is 0 Å². The van der Waals surface area contributed by atoms with E-state index in [9.17, 15) is 31.8 Å². The highest BCUT2D eigenvalue weighted by Gasteiger charge is 2.44. The second-order valence-electron chi connectivity index (χ2n) is 18.1. The van der Waals surface area contributed by atoms with Crippen molar-refractivity contribution in [3.8, 4) is 12.0 Å². The highest BCUT2D eigenvalue weighted by molar-refractivity contribution is 7.90. The molecule has 0 atom stereocenters. The quantitative estimate of drug-likeness (QED) is 0.149. The number of aliphatic hydroxyl groups is 2. The first-order valence-corrected chi connectivity index (χ1v) is 24.9. The van der Waals surface area contributed by atoms with Gasteiger partial charge in [0.25, 0.3) is 26.3 Å². The van der Waals surface area contributed by atoms with Gasteiger partial charge in [-0.15, -0.1) is 5.26 Å². The number of amides is 2. The van der Waals surface area contributed by atoms with Crippen molar-refractivity contribution in [2.75, 3.05) is 31.7 Å². The Morgan fingerprint density at radius 2 is 1.12 bits per heavy atom. The SMILES string of the molecule is CC(C)n1nc(S(=O)(=O)NC(=O)Nc2c3c(cc4c2CCC4)CCC3)cc1C1(O)COC1.CC(C)n1nc(S(N)(=O)=O)cc1C1(O)COC1.N#COc1c2c(cc3c1CCC3)CCC2. The summed E-state index contributed by atoms with van der Waals surface area (Å²) in [5.41, 5.74) is 9.29. The number of nitrogens with two attached hydrogens (primary N) is 1. The molecule has 4 heterocycles. The number of primary sulfonamides is 1. The largest absolute Gasteiger partial charge is 0.387 e. The first-order chi connectivity index (χ1) is 30.3. The first kappa shape index (κ1) is 45.7. The fourth-order valence-electron chi connectivity index (χ4n) is 9.60. The van der Waals surface area contributed by atoms with Crippen molar-refractivity contribution in [2.24, 2.45) is 5.14 Å². The predicted octanol–water partition coefficient (Wildman–Crippen LogP) is 4.02. The lowest BCUT2D eigenvalue weighted by atomic mass is 9.97. The van der Waals surface area contributed by atoms with E-state index in [-0.39, 0.29) is 48.6 Å². The lowest BCUT2D eigenvalue weighted by Crippen LogP contribution is -2.48. The van der Waals surface area contributed by atoms with Crippen LogP contribution in [-0.2, 0) is 92.1 Å². The average molecular weight is 921 g/mol. The molecule has 0 bridgehead atoms. The number of fused-ring (bicyclic) bond motifs is 4. The Morgan fingerprint density at radius 3 is 1.52 bits per heavy atom. The molecule has 64 heavy (non-hydrogen) atoms. The molecule has 2 aromatic heterocycles. The second-order valence-corrected chi connectivity index (χ2v) is 21.2. The Hall–Kier alpha value is -4.88. The van der Waals surface area contributed by atoms with Crippen LogP contribution in [0.1, 0.15) is 121 Å². The number of carbonyl (C=O) groups is 1. The summed E-state index contributed by atoms with van der Waals surface area (Å²) < 4.78 is 68.7. The summed E-state index contributed by atoms with van der Waals surface area (Å²) in [5.74, 6) is 0.903. The molecule has 344 valence electrons. The maximum absolute atomic E-state index is 13.0. The van der Waals surface area contributed by atoms with Crippen molar-refractivity contribution in [1.29, 1.82) is 5.26 Å². The van der Waals surface area contributed by atoms with Crippen molar-refractivity contribution in [1.82, 2.24) is 24.3 Å². The summed E-state index contributed by atoms with van der Waals surface area (Å²) in [6, 6.07) is 6.15. The summed E-state index contributed by atoms with van der Waals surface area (Å²) in [6.07, 6.45) is 14.5. The summed E-state index contributed by atoms with van der Waals surface area (Å²) in [4.78, 5) is 12.8. The Bertz CT molecular complexity index is 2680. The number of benzene rings is 2. The Balaban J connectivity index is 0.000000146. The van der Waals surface area contributed by atoms with Crippen molar-refractivity contribution in [3.63, 3.8) is 0 Å². The predicted molar refractivity (Wildman–Crippen MR) is 233 cm³/mol. The van der Waals surface area contributed by atoms with Crippen LogP contribution >= 0.6 is 0 Å². The number of aromatic nitrogens is 4. The van der Waals surface area contributed by atoms with Crippen LogP contribution in [0.4, 0.5) is 10.5 Å². The highest BCUT2D eigenvalue weighted by Crippen LogP contribution is 2.41. The summed E-state index contributed by atoms with van der Waals surface area (Å²) >= 11 is 0. The zero-order chi connectivity index (χ0) is 45.8. The van der Waals surface area contributed by atoms with Gasteiger partial charge >= 0.3 is 6.03 Å². The third-order valence-corrected chi connectivity index (χ3v) is 14.8. The molecule has 20 heteroatoms. The lowest BCUT2D eigenvalue weighted by molar-refractivity contribution is -0.189. The van der Waals surface area contributed by atoms with Crippen molar-refractivity contribution in [2.45, 2.75) is 138 Å². The van der Waals surface area contributed by atoms with E-state index >= 15 is 0 Å². The molecule has 0 radical (unpaired) electrons. The number of rotatable bonds is 9. The normalized spacial score (nSPS) is 18.6. The molecular weight excluding hydrogens is 865 g/mol. The van der Waals surface area contributed by atoms with Gasteiger partial charge in [-0.2, -0.15) is 18.6 Å². The Kier molecular flexibility index (Phi) is 12.5. The van der Waals surface area contributed by atoms with Gasteiger partial charge in [-0.25, -0.2) is 23.1 Å². The van der Waals surface area contributed by atoms with Crippen molar-refractivity contribution >= 4 is 31.8 Å². The maximum atomic E-state index is 13.0. The van der Waals surface area contributed by atoms with Crippen LogP contribution in [-0.4, -0.2) is 79.1 Å². The number of nitrogens with one attached hydrogen (secondary N) is 2. The van der Waals surface area contributed by atoms with Crippen molar-refractivity contribution < 1.29 is 46.1 Å². The van der Waals surface area contributed by atoms with Gasteiger partial charge in [0.05, 0.1) is 37.8 Å². The molecule has 2 aliphatic heterocycles. The molecule has 0 unspecified atom stereocenters. The number of aryl methyl sites for hydroxylation is 4. The van der Waals surface area contributed by atoms with Gasteiger partial charge in [-0.3, -0.25) is 9.36 Å². The lowest BCUT2D eigenvalue weighted by Gasteiger charge is -2.36. The van der Waals surface area contributed by atoms with Crippen LogP contribution in [0.3, 0.4) is 0 Å². The van der Waals surface area contributed by atoms with Gasteiger partial charge in [0.1, 0.15) is 5.75 Å². The van der Waals surface area contributed by atoms with Crippen LogP contribution < -0.4 is 19.9 Å². The number of anilines is 1. The topological polar surface area (TPSA) is 263 Å². The van der Waals surface area contributed by atoms with E-state index in [2.05, 4.69) is 32.4 Å². The number of nitrogens with zero attached hydrogens (tertiary/aromatic N) is 5. The Labute approximate surface area is 373 Å². The average Bonchev–Trinajstić information content (AvgIpc) is 4.06. The number of hydrogen-bond acceptors (Lipinski definition) is 13. The monoisotopic (exact) mass is 920 g/mol. The van der Waals surface area contributed by atoms with E-state index in [1.165, 1.54) is 67.7 Å². The van der Waals surface area contributed by atoms with Crippen molar-refractivity contribution in [3.05, 3.63) is 80.2 Å². The summed E-state index contributed by atoms with van der Waals surface area (Å²) in [7, 11) is -8.10. The number of nitriles is 1. The molecule has 2 amide bonds. The van der Waals surface area contributed by atoms with Crippen LogP contribution in [0, 0.1) is 11.5 Å². The molecule has 6 N–H and O–H groups in total. The number of ether oxygens (including phenoxy) is 3.